The van der Waals surface area contributed by atoms with E-state index in [0.29, 0.717) is 6.54 Å². The van der Waals surface area contributed by atoms with Crippen LogP contribution in [0.5, 0.6) is 0 Å². The summed E-state index contributed by atoms with van der Waals surface area (Å²) in [7, 11) is 0. The molecule has 0 saturated heterocycles. The van der Waals surface area contributed by atoms with Gasteiger partial charge in [-0.2, -0.15) is 0 Å². The quantitative estimate of drug-likeness (QED) is 0.373. The molecule has 11 heavy (non-hydrogen) atoms. The van der Waals surface area contributed by atoms with Gasteiger partial charge in [-0.15, -0.1) is 10.1 Å². The summed E-state index contributed by atoms with van der Waals surface area (Å²) in [5.41, 5.74) is -0.0139. The molecule has 1 N–H and O–H groups in total. The van der Waals surface area contributed by atoms with Gasteiger partial charge in [-0.25, -0.2) is 0 Å². The van der Waals surface area contributed by atoms with E-state index in [1.165, 1.54) is 0 Å². The molecule has 5 nitrogen and oxygen atoms in total. The minimum Gasteiger partial charge on any atom is -0.313 e. The normalized spacial score (nSPS) is 11.2. The number of nitrogens with one attached hydrogen (secondary N) is 1. The fourth-order valence-corrected chi connectivity index (χ4v) is 0.546. The lowest BCUT2D eigenvalue weighted by Gasteiger charge is -2.19. The van der Waals surface area contributed by atoms with E-state index in [2.05, 4.69) is 10.2 Å². The van der Waals surface area contributed by atoms with Crippen molar-refractivity contribution in [3.8, 4) is 0 Å². The van der Waals surface area contributed by atoms with Gasteiger partial charge in [0.2, 0.25) is 0 Å². The lowest BCUT2D eigenvalue weighted by atomic mass is 10.1. The second kappa shape index (κ2) is 4.12. The van der Waals surface area contributed by atoms with Crippen LogP contribution in [0.1, 0.15) is 20.8 Å². The van der Waals surface area contributed by atoms with Crippen LogP contribution in [0.2, 0.25) is 0 Å². The maximum atomic E-state index is 9.68. The first-order valence-electron chi connectivity index (χ1n) is 3.44. The fraction of sp³-hybridized carbons (Fsp3) is 1.00. The SMILES string of the molecule is CC(C)(C)NCCO[N+](=O)[O-]. The Hall–Kier alpha value is -0.840. The Kier molecular flexibility index (Phi) is 3.81. The third-order valence-corrected chi connectivity index (χ3v) is 0.954. The van der Waals surface area contributed by atoms with E-state index in [-0.39, 0.29) is 12.1 Å². The van der Waals surface area contributed by atoms with Crippen LogP contribution in [0.3, 0.4) is 0 Å². The van der Waals surface area contributed by atoms with Gasteiger partial charge in [0.1, 0.15) is 6.61 Å². The molecule has 0 rings (SSSR count). The van der Waals surface area contributed by atoms with Crippen LogP contribution < -0.4 is 5.32 Å². The van der Waals surface area contributed by atoms with Crippen LogP contribution in [-0.4, -0.2) is 23.8 Å². The van der Waals surface area contributed by atoms with Gasteiger partial charge in [0.15, 0.2) is 0 Å². The molecule has 0 heterocycles. The zero-order chi connectivity index (χ0) is 8.91. The van der Waals surface area contributed by atoms with E-state index in [0.717, 1.165) is 0 Å². The van der Waals surface area contributed by atoms with Crippen molar-refractivity contribution in [2.75, 3.05) is 13.2 Å². The molecule has 5 heteroatoms. The second-order valence-electron chi connectivity index (χ2n) is 3.23. The Labute approximate surface area is 65.8 Å². The van der Waals surface area contributed by atoms with Crippen LogP contribution in [0.15, 0.2) is 0 Å². The van der Waals surface area contributed by atoms with Crippen molar-refractivity contribution in [3.05, 3.63) is 10.1 Å². The highest BCUT2D eigenvalue weighted by Crippen LogP contribution is 1.96. The number of nitrogens with zero attached hydrogens (tertiary/aromatic N) is 1. The molecule has 0 aromatic rings. The van der Waals surface area contributed by atoms with E-state index >= 15 is 0 Å². The molecule has 0 saturated carbocycles. The van der Waals surface area contributed by atoms with Gasteiger partial charge in [-0.1, -0.05) is 0 Å². The van der Waals surface area contributed by atoms with Crippen molar-refractivity contribution < 1.29 is 9.92 Å². The minimum atomic E-state index is -0.787. The third kappa shape index (κ3) is 9.16. The third-order valence-electron chi connectivity index (χ3n) is 0.954. The van der Waals surface area contributed by atoms with Crippen molar-refractivity contribution in [2.45, 2.75) is 26.3 Å². The molecule has 0 spiro atoms. The van der Waals surface area contributed by atoms with Crippen LogP contribution in [0.25, 0.3) is 0 Å². The maximum absolute atomic E-state index is 9.68. The lowest BCUT2D eigenvalue weighted by Crippen LogP contribution is -2.38. The van der Waals surface area contributed by atoms with Crippen molar-refractivity contribution >= 4 is 0 Å². The number of hydrogen-bond donors (Lipinski definition) is 1. The Balaban J connectivity index is 3.22. The van der Waals surface area contributed by atoms with Crippen molar-refractivity contribution in [2.24, 2.45) is 0 Å². The smallest absolute Gasteiger partial charge is 0.294 e. The fourth-order valence-electron chi connectivity index (χ4n) is 0.546. The summed E-state index contributed by atoms with van der Waals surface area (Å²) in [5, 5.41) is 11.9. The van der Waals surface area contributed by atoms with Crippen molar-refractivity contribution in [1.82, 2.24) is 5.32 Å². The average molecular weight is 162 g/mol. The van der Waals surface area contributed by atoms with Gasteiger partial charge in [0.25, 0.3) is 5.09 Å². The highest BCUT2D eigenvalue weighted by Gasteiger charge is 2.07. The van der Waals surface area contributed by atoms with E-state index in [1.54, 1.807) is 0 Å². The molecule has 66 valence electrons. The zero-order valence-electron chi connectivity index (χ0n) is 7.09. The molecule has 0 amide bonds. The van der Waals surface area contributed by atoms with Gasteiger partial charge in [-0.05, 0) is 20.8 Å². The van der Waals surface area contributed by atoms with Gasteiger partial charge in [-0.3, -0.25) is 0 Å². The molecule has 0 bridgehead atoms. The molecule has 0 aromatic carbocycles. The Morgan fingerprint density at radius 1 is 1.55 bits per heavy atom. The topological polar surface area (TPSA) is 64.4 Å². The summed E-state index contributed by atoms with van der Waals surface area (Å²) < 4.78 is 0. The first-order chi connectivity index (χ1) is 4.92. The number of rotatable bonds is 4. The summed E-state index contributed by atoms with van der Waals surface area (Å²) in [6.45, 7) is 6.55. The molecule has 0 aliphatic rings. The standard InChI is InChI=1S/C6H14N2O3/c1-6(2,3)7-4-5-11-8(9)10/h7H,4-5H2,1-3H3. The molecule has 0 atom stereocenters. The summed E-state index contributed by atoms with van der Waals surface area (Å²) in [5.74, 6) is 0. The number of hydrogen-bond acceptors (Lipinski definition) is 4. The van der Waals surface area contributed by atoms with Crippen LogP contribution in [0, 0.1) is 10.1 Å². The average Bonchev–Trinajstić information content (AvgIpc) is 1.78. The van der Waals surface area contributed by atoms with Gasteiger partial charge >= 0.3 is 0 Å². The van der Waals surface area contributed by atoms with Gasteiger partial charge in [0, 0.05) is 12.1 Å². The highest BCUT2D eigenvalue weighted by molar-refractivity contribution is 4.68. The molecule has 0 aromatic heterocycles. The summed E-state index contributed by atoms with van der Waals surface area (Å²) >= 11 is 0. The molecular formula is C6H14N2O3. The largest absolute Gasteiger partial charge is 0.313 e. The second-order valence-corrected chi connectivity index (χ2v) is 3.23. The Morgan fingerprint density at radius 2 is 2.09 bits per heavy atom. The predicted molar refractivity (Wildman–Crippen MR) is 40.7 cm³/mol. The Morgan fingerprint density at radius 3 is 2.45 bits per heavy atom. The molecule has 0 unspecified atom stereocenters. The van der Waals surface area contributed by atoms with Crippen molar-refractivity contribution in [3.63, 3.8) is 0 Å². The lowest BCUT2D eigenvalue weighted by molar-refractivity contribution is -0.757. The summed E-state index contributed by atoms with van der Waals surface area (Å²) in [6.07, 6.45) is 0. The van der Waals surface area contributed by atoms with Gasteiger partial charge < -0.3 is 10.2 Å². The summed E-state index contributed by atoms with van der Waals surface area (Å²) in [6, 6.07) is 0. The first-order valence-corrected chi connectivity index (χ1v) is 3.44. The highest BCUT2D eigenvalue weighted by atomic mass is 16.9. The van der Waals surface area contributed by atoms with Gasteiger partial charge in [0.05, 0.1) is 0 Å². The van der Waals surface area contributed by atoms with Crippen LogP contribution in [-0.2, 0) is 4.84 Å². The van der Waals surface area contributed by atoms with Crippen LogP contribution in [0.4, 0.5) is 0 Å². The summed E-state index contributed by atoms with van der Waals surface area (Å²) in [4.78, 5) is 13.8. The molecule has 0 fully saturated rings. The first kappa shape index (κ1) is 10.2. The molecular weight excluding hydrogens is 148 g/mol. The minimum absolute atomic E-state index is 0.0139. The molecule has 0 radical (unpaired) electrons. The molecule has 0 aliphatic carbocycles. The van der Waals surface area contributed by atoms with E-state index in [9.17, 15) is 10.1 Å². The molecule has 0 aliphatic heterocycles. The van der Waals surface area contributed by atoms with Crippen molar-refractivity contribution in [1.29, 1.82) is 0 Å². The van der Waals surface area contributed by atoms with E-state index in [4.69, 9.17) is 0 Å². The predicted octanol–water partition coefficient (Wildman–Crippen LogP) is 0.583. The van der Waals surface area contributed by atoms with E-state index in [1.807, 2.05) is 20.8 Å². The monoisotopic (exact) mass is 162 g/mol. The zero-order valence-corrected chi connectivity index (χ0v) is 7.09. The van der Waals surface area contributed by atoms with E-state index < -0.39 is 5.09 Å². The Bertz CT molecular complexity index is 130. The maximum Gasteiger partial charge on any atom is 0.294 e. The van der Waals surface area contributed by atoms with Crippen LogP contribution >= 0.6 is 0 Å².